The fraction of sp³-hybridized carbons (Fsp3) is 0.0938. The Morgan fingerprint density at radius 3 is 1.95 bits per heavy atom. The zero-order valence-corrected chi connectivity index (χ0v) is 27.2. The summed E-state index contributed by atoms with van der Waals surface area (Å²) in [5.74, 6) is -3.17. The van der Waals surface area contributed by atoms with Crippen molar-refractivity contribution in [2.75, 3.05) is 0 Å². The molecule has 3 heterocycles. The number of carboxylic acid groups (broad SMARTS) is 2. The van der Waals surface area contributed by atoms with Gasteiger partial charge in [-0.15, -0.1) is 0 Å². The van der Waals surface area contributed by atoms with Gasteiger partial charge in [0.2, 0.25) is 5.78 Å². The Labute approximate surface area is 274 Å². The number of carbonyl (C=O) groups is 4. The van der Waals surface area contributed by atoms with Crippen molar-refractivity contribution in [3.63, 3.8) is 0 Å². The van der Waals surface area contributed by atoms with E-state index in [1.54, 1.807) is 18.3 Å². The van der Waals surface area contributed by atoms with Crippen LogP contribution in [0.1, 0.15) is 27.6 Å². The molecule has 0 unspecified atom stereocenters. The first-order valence-corrected chi connectivity index (χ1v) is 14.7. The summed E-state index contributed by atoms with van der Waals surface area (Å²) in [6.07, 6.45) is 4.60. The number of ketones is 1. The standard InChI is InChI=1S/C19H12ClIN2O2.C10H8ClNO.C3H4O3/c1-23-9-15(13-6-10(20)2-5-18(13)23)17-8-14(19(24)25)12-7-11(21)3-4-16(12)22-17;1-12-5-7(6-13)9-4-8(11)2-3-10(9)12;1-2(4)3(5)6/h2-9H,1H3,(H,24,25);2-6H,1H3;1H3,(H,5,6). The molecule has 224 valence electrons. The van der Waals surface area contributed by atoms with Crippen LogP contribution in [-0.4, -0.2) is 48.3 Å². The molecule has 2 N–H and O–H groups in total. The van der Waals surface area contributed by atoms with Crippen molar-refractivity contribution >= 4 is 103 Å². The predicted molar refractivity (Wildman–Crippen MR) is 180 cm³/mol. The quantitative estimate of drug-likeness (QED) is 0.108. The minimum Gasteiger partial charge on any atom is -0.478 e. The molecule has 0 aliphatic rings. The molecular formula is C32H24Cl2IN3O6. The average Bonchev–Trinajstić information content (AvgIpc) is 3.47. The molecule has 0 saturated carbocycles. The zero-order valence-electron chi connectivity index (χ0n) is 23.5. The lowest BCUT2D eigenvalue weighted by atomic mass is 10.0. The molecule has 12 heteroatoms. The molecule has 6 aromatic rings. The van der Waals surface area contributed by atoms with Crippen molar-refractivity contribution < 1.29 is 29.4 Å². The lowest BCUT2D eigenvalue weighted by molar-refractivity contribution is -0.148. The first-order valence-electron chi connectivity index (χ1n) is 12.8. The highest BCUT2D eigenvalue weighted by molar-refractivity contribution is 14.1. The first-order chi connectivity index (χ1) is 20.8. The van der Waals surface area contributed by atoms with Gasteiger partial charge in [-0.2, -0.15) is 0 Å². The topological polar surface area (TPSA) is 131 Å². The van der Waals surface area contributed by atoms with E-state index in [2.05, 4.69) is 22.6 Å². The number of aliphatic carboxylic acids is 1. The summed E-state index contributed by atoms with van der Waals surface area (Å²) in [4.78, 5) is 46.1. The number of hydrogen-bond donors (Lipinski definition) is 2. The summed E-state index contributed by atoms with van der Waals surface area (Å²) in [7, 11) is 3.85. The second kappa shape index (κ2) is 13.6. The van der Waals surface area contributed by atoms with Crippen molar-refractivity contribution in [3.05, 3.63) is 97.8 Å². The molecule has 0 aliphatic heterocycles. The van der Waals surface area contributed by atoms with Crippen molar-refractivity contribution in [2.24, 2.45) is 14.1 Å². The Kier molecular flexibility index (Phi) is 10.1. The Bertz CT molecular complexity index is 2090. The van der Waals surface area contributed by atoms with Gasteiger partial charge in [0.1, 0.15) is 0 Å². The Hall–Kier alpha value is -4.26. The zero-order chi connectivity index (χ0) is 32.3. The van der Waals surface area contributed by atoms with E-state index in [4.69, 9.17) is 33.3 Å². The average molecular weight is 744 g/mol. The van der Waals surface area contributed by atoms with Crippen LogP contribution in [-0.2, 0) is 23.7 Å². The number of carbonyl (C=O) groups excluding carboxylic acids is 2. The Balaban J connectivity index is 0.000000193. The third-order valence-electron chi connectivity index (χ3n) is 6.64. The molecule has 0 atom stereocenters. The van der Waals surface area contributed by atoms with Crippen LogP contribution in [0.4, 0.5) is 0 Å². The maximum Gasteiger partial charge on any atom is 0.371 e. The van der Waals surface area contributed by atoms with E-state index in [1.165, 1.54) is 0 Å². The van der Waals surface area contributed by atoms with E-state index < -0.39 is 17.7 Å². The van der Waals surface area contributed by atoms with Gasteiger partial charge in [0.25, 0.3) is 0 Å². The number of aromatic carboxylic acids is 1. The molecule has 0 spiro atoms. The summed E-state index contributed by atoms with van der Waals surface area (Å²) in [6.45, 7) is 1.00. The van der Waals surface area contributed by atoms with Gasteiger partial charge in [-0.05, 0) is 83.3 Å². The SMILES string of the molecule is CC(=O)C(=O)O.Cn1cc(-c2cc(C(=O)O)c3cc(I)ccc3n2)c2cc(Cl)ccc21.Cn1cc(C=O)c2cc(Cl)ccc21. The van der Waals surface area contributed by atoms with Gasteiger partial charge in [-0.1, -0.05) is 23.2 Å². The number of fused-ring (bicyclic) bond motifs is 3. The van der Waals surface area contributed by atoms with Crippen molar-refractivity contribution in [1.29, 1.82) is 0 Å². The van der Waals surface area contributed by atoms with Crippen LogP contribution in [0.3, 0.4) is 0 Å². The molecule has 3 aromatic heterocycles. The number of benzene rings is 3. The number of hydrogen-bond acceptors (Lipinski definition) is 5. The highest BCUT2D eigenvalue weighted by Gasteiger charge is 2.16. The van der Waals surface area contributed by atoms with Crippen LogP contribution in [0.25, 0.3) is 44.0 Å². The third-order valence-corrected chi connectivity index (χ3v) is 7.78. The number of aldehydes is 1. The predicted octanol–water partition coefficient (Wildman–Crippen LogP) is 7.65. The normalized spacial score (nSPS) is 10.6. The highest BCUT2D eigenvalue weighted by Crippen LogP contribution is 2.33. The van der Waals surface area contributed by atoms with Crippen molar-refractivity contribution in [1.82, 2.24) is 14.1 Å². The second-order valence-electron chi connectivity index (χ2n) is 9.67. The maximum absolute atomic E-state index is 11.8. The van der Waals surface area contributed by atoms with Crippen LogP contribution < -0.4 is 0 Å². The first kappa shape index (κ1) is 32.6. The van der Waals surface area contributed by atoms with Gasteiger partial charge in [-0.3, -0.25) is 9.59 Å². The summed E-state index contributed by atoms with van der Waals surface area (Å²) >= 11 is 14.2. The van der Waals surface area contributed by atoms with E-state index in [-0.39, 0.29) is 5.56 Å². The van der Waals surface area contributed by atoms with Crippen LogP contribution in [0, 0.1) is 3.57 Å². The number of pyridine rings is 1. The molecular weight excluding hydrogens is 720 g/mol. The Morgan fingerprint density at radius 1 is 0.818 bits per heavy atom. The van der Waals surface area contributed by atoms with E-state index in [0.29, 0.717) is 32.2 Å². The minimum absolute atomic E-state index is 0.248. The van der Waals surface area contributed by atoms with Gasteiger partial charge in [-0.25, -0.2) is 14.6 Å². The monoisotopic (exact) mass is 743 g/mol. The maximum atomic E-state index is 11.8. The van der Waals surface area contributed by atoms with Gasteiger partial charge < -0.3 is 19.3 Å². The van der Waals surface area contributed by atoms with E-state index in [1.807, 2.05) is 78.0 Å². The minimum atomic E-state index is -1.38. The smallest absolute Gasteiger partial charge is 0.371 e. The van der Waals surface area contributed by atoms with E-state index in [9.17, 15) is 24.3 Å². The number of rotatable bonds is 4. The molecule has 0 amide bonds. The number of nitrogens with zero attached hydrogens (tertiary/aromatic N) is 3. The molecule has 0 radical (unpaired) electrons. The third kappa shape index (κ3) is 7.09. The van der Waals surface area contributed by atoms with Crippen LogP contribution >= 0.6 is 45.8 Å². The molecule has 9 nitrogen and oxygen atoms in total. The van der Waals surface area contributed by atoms with Gasteiger partial charge in [0.05, 0.1) is 16.8 Å². The summed E-state index contributed by atoms with van der Waals surface area (Å²) in [6, 6.07) is 18.5. The molecule has 0 aliphatic carbocycles. The van der Waals surface area contributed by atoms with Gasteiger partial charge >= 0.3 is 11.9 Å². The molecule has 0 saturated heterocycles. The fourth-order valence-corrected chi connectivity index (χ4v) is 5.41. The number of aromatic nitrogens is 3. The summed E-state index contributed by atoms with van der Waals surface area (Å²) in [5, 5.41) is 21.1. The molecule has 0 fully saturated rings. The van der Waals surface area contributed by atoms with Gasteiger partial charge in [0.15, 0.2) is 6.29 Å². The van der Waals surface area contributed by atoms with E-state index in [0.717, 1.165) is 44.1 Å². The van der Waals surface area contributed by atoms with Crippen LogP contribution in [0.15, 0.2) is 73.1 Å². The van der Waals surface area contributed by atoms with Crippen LogP contribution in [0.5, 0.6) is 0 Å². The van der Waals surface area contributed by atoms with Gasteiger partial charge in [0, 0.05) is 85.3 Å². The summed E-state index contributed by atoms with van der Waals surface area (Å²) in [5.41, 5.74) is 5.11. The molecule has 6 rings (SSSR count). The number of aryl methyl sites for hydroxylation is 2. The summed E-state index contributed by atoms with van der Waals surface area (Å²) < 4.78 is 4.87. The fourth-order valence-electron chi connectivity index (χ4n) is 4.57. The lowest BCUT2D eigenvalue weighted by Gasteiger charge is -2.07. The van der Waals surface area contributed by atoms with E-state index >= 15 is 0 Å². The highest BCUT2D eigenvalue weighted by atomic mass is 127. The van der Waals surface area contributed by atoms with Crippen molar-refractivity contribution in [2.45, 2.75) is 6.92 Å². The van der Waals surface area contributed by atoms with Crippen molar-refractivity contribution in [3.8, 4) is 11.3 Å². The van der Waals surface area contributed by atoms with Crippen LogP contribution in [0.2, 0.25) is 10.0 Å². The lowest BCUT2D eigenvalue weighted by Crippen LogP contribution is -2.05. The number of Topliss-reactive ketones (excluding diaryl/α,β-unsaturated/α-hetero) is 1. The molecule has 44 heavy (non-hydrogen) atoms. The number of carboxylic acids is 2. The second-order valence-corrected chi connectivity index (χ2v) is 11.8. The molecule has 0 bridgehead atoms. The largest absolute Gasteiger partial charge is 0.478 e. The molecule has 3 aromatic carbocycles. The number of halogens is 3. The Morgan fingerprint density at radius 2 is 1.39 bits per heavy atom.